The van der Waals surface area contributed by atoms with Gasteiger partial charge >= 0.3 is 5.97 Å². The summed E-state index contributed by atoms with van der Waals surface area (Å²) in [5, 5.41) is 29.0. The summed E-state index contributed by atoms with van der Waals surface area (Å²) in [5.41, 5.74) is 1.74. The number of azo groups is 1. The summed E-state index contributed by atoms with van der Waals surface area (Å²) < 4.78 is 5.19. The van der Waals surface area contributed by atoms with E-state index in [1.165, 1.54) is 12.1 Å². The lowest BCUT2D eigenvalue weighted by Gasteiger charge is -2.23. The number of phenolic OH excluding ortho intramolecular Hbond substituents is 2. The average Bonchev–Trinajstić information content (AvgIpc) is 2.87. The first kappa shape index (κ1) is 25.2. The lowest BCUT2D eigenvalue weighted by molar-refractivity contribution is -0.137. The highest BCUT2D eigenvalue weighted by atomic mass is 16.5. The van der Waals surface area contributed by atoms with E-state index in [0.29, 0.717) is 24.3 Å². The van der Waals surface area contributed by atoms with Crippen molar-refractivity contribution in [3.63, 3.8) is 0 Å². The molecule has 0 spiro atoms. The van der Waals surface area contributed by atoms with Crippen molar-refractivity contribution in [3.8, 4) is 11.5 Å². The van der Waals surface area contributed by atoms with E-state index < -0.39 is 11.8 Å². The molecule has 0 amide bonds. The zero-order valence-corrected chi connectivity index (χ0v) is 19.6. The largest absolute Gasteiger partial charge is 0.507 e. The number of hydrogen-bond acceptors (Lipinski definition) is 8. The zero-order valence-electron chi connectivity index (χ0n) is 19.6. The van der Waals surface area contributed by atoms with Gasteiger partial charge in [-0.3, -0.25) is 4.79 Å². The number of allylic oxidation sites excluding steroid dienone is 1. The van der Waals surface area contributed by atoms with Crippen LogP contribution in [-0.2, 0) is 9.53 Å². The number of benzene rings is 3. The Kier molecular flexibility index (Phi) is 8.72. The van der Waals surface area contributed by atoms with Crippen LogP contribution < -0.4 is 4.90 Å². The molecule has 0 radical (unpaired) electrons. The quantitative estimate of drug-likeness (QED) is 0.169. The summed E-state index contributed by atoms with van der Waals surface area (Å²) >= 11 is 0. The van der Waals surface area contributed by atoms with E-state index in [1.807, 2.05) is 24.0 Å². The first-order valence-electron chi connectivity index (χ1n) is 11.2. The van der Waals surface area contributed by atoms with E-state index in [0.717, 1.165) is 11.8 Å². The maximum atomic E-state index is 12.8. The Labute approximate surface area is 203 Å². The number of hydrogen-bond donors (Lipinski definition) is 2. The molecule has 0 unspecified atom stereocenters. The highest BCUT2D eigenvalue weighted by Crippen LogP contribution is 2.37. The van der Waals surface area contributed by atoms with Crippen LogP contribution in [0.5, 0.6) is 11.5 Å². The van der Waals surface area contributed by atoms with Gasteiger partial charge in [-0.1, -0.05) is 48.5 Å². The molecule has 8 heteroatoms. The van der Waals surface area contributed by atoms with E-state index in [9.17, 15) is 19.8 Å². The molecule has 0 saturated carbocycles. The minimum absolute atomic E-state index is 0.00867. The van der Waals surface area contributed by atoms with Gasteiger partial charge in [-0.15, -0.1) is 10.2 Å². The number of aromatic hydroxyl groups is 2. The molecule has 3 aromatic carbocycles. The minimum Gasteiger partial charge on any atom is -0.507 e. The van der Waals surface area contributed by atoms with Gasteiger partial charge in [0.1, 0.15) is 29.5 Å². The third kappa shape index (κ3) is 6.54. The molecule has 0 saturated heterocycles. The molecule has 0 aliphatic rings. The van der Waals surface area contributed by atoms with Crippen molar-refractivity contribution in [1.82, 2.24) is 0 Å². The fourth-order valence-electron chi connectivity index (χ4n) is 3.39. The standard InChI is InChI=1S/C27H27N3O5/c1-3-10-26(33)35-16-15-30(4-2)23-14-9-8-13-21(23)28-29-22-17-20(24(31)18-25(22)32)27(34)19-11-6-5-7-12-19/h3,5-14,17-18,31-32H,4,15-16H2,1-2H3. The van der Waals surface area contributed by atoms with Gasteiger partial charge in [-0.25, -0.2) is 4.79 Å². The molecule has 35 heavy (non-hydrogen) atoms. The molecule has 0 fully saturated rings. The second kappa shape index (κ2) is 12.1. The molecule has 0 aliphatic carbocycles. The van der Waals surface area contributed by atoms with Crippen molar-refractivity contribution in [2.75, 3.05) is 24.6 Å². The Bertz CT molecular complexity index is 1240. The molecule has 0 bridgehead atoms. The maximum absolute atomic E-state index is 12.8. The van der Waals surface area contributed by atoms with E-state index >= 15 is 0 Å². The highest BCUT2D eigenvalue weighted by Gasteiger charge is 2.17. The molecule has 180 valence electrons. The predicted molar refractivity (Wildman–Crippen MR) is 134 cm³/mol. The van der Waals surface area contributed by atoms with E-state index in [-0.39, 0.29) is 29.4 Å². The number of carbonyl (C=O) groups is 2. The molecular weight excluding hydrogens is 446 g/mol. The second-order valence-electron chi connectivity index (χ2n) is 7.49. The van der Waals surface area contributed by atoms with Crippen molar-refractivity contribution in [2.45, 2.75) is 13.8 Å². The lowest BCUT2D eigenvalue weighted by atomic mass is 10.0. The normalized spacial score (nSPS) is 11.1. The molecule has 0 heterocycles. The van der Waals surface area contributed by atoms with Gasteiger partial charge in [-0.2, -0.15) is 0 Å². The van der Waals surface area contributed by atoms with Crippen molar-refractivity contribution in [3.05, 3.63) is 90.0 Å². The van der Waals surface area contributed by atoms with Crippen LogP contribution in [0, 0.1) is 0 Å². The Hall–Kier alpha value is -4.46. The van der Waals surface area contributed by atoms with Gasteiger partial charge in [0.15, 0.2) is 5.78 Å². The number of ether oxygens (including phenoxy) is 1. The smallest absolute Gasteiger partial charge is 0.330 e. The van der Waals surface area contributed by atoms with Gasteiger partial charge in [0.05, 0.1) is 17.8 Å². The van der Waals surface area contributed by atoms with Gasteiger partial charge in [-0.05, 0) is 32.0 Å². The first-order chi connectivity index (χ1) is 16.9. The van der Waals surface area contributed by atoms with Crippen LogP contribution in [0.4, 0.5) is 17.1 Å². The summed E-state index contributed by atoms with van der Waals surface area (Å²) in [6.45, 7) is 4.99. The molecule has 0 atom stereocenters. The Morgan fingerprint density at radius 1 is 0.943 bits per heavy atom. The van der Waals surface area contributed by atoms with Gasteiger partial charge in [0.25, 0.3) is 0 Å². The van der Waals surface area contributed by atoms with Crippen LogP contribution in [0.15, 0.2) is 89.1 Å². The van der Waals surface area contributed by atoms with Crippen LogP contribution >= 0.6 is 0 Å². The van der Waals surface area contributed by atoms with Crippen LogP contribution in [0.25, 0.3) is 0 Å². The number of rotatable bonds is 10. The summed E-state index contributed by atoms with van der Waals surface area (Å²) in [5.74, 6) is -1.46. The Morgan fingerprint density at radius 3 is 2.34 bits per heavy atom. The van der Waals surface area contributed by atoms with Crippen molar-refractivity contribution in [2.24, 2.45) is 10.2 Å². The summed E-state index contributed by atoms with van der Waals surface area (Å²) in [6.07, 6.45) is 2.98. The first-order valence-corrected chi connectivity index (χ1v) is 11.2. The van der Waals surface area contributed by atoms with Crippen molar-refractivity contribution < 1.29 is 24.5 Å². The second-order valence-corrected chi connectivity index (χ2v) is 7.49. The van der Waals surface area contributed by atoms with Gasteiger partial charge in [0, 0.05) is 24.3 Å². The molecule has 2 N–H and O–H groups in total. The number of carbonyl (C=O) groups excluding carboxylic acids is 2. The third-order valence-corrected chi connectivity index (χ3v) is 5.15. The SMILES string of the molecule is CC=CC(=O)OCCN(CC)c1ccccc1N=Nc1cc(C(=O)c2ccccc2)c(O)cc1O. The van der Waals surface area contributed by atoms with Crippen molar-refractivity contribution in [1.29, 1.82) is 0 Å². The molecule has 0 aromatic heterocycles. The van der Waals surface area contributed by atoms with E-state index in [4.69, 9.17) is 4.74 Å². The van der Waals surface area contributed by atoms with Crippen LogP contribution in [0.2, 0.25) is 0 Å². The summed E-state index contributed by atoms with van der Waals surface area (Å²) in [4.78, 5) is 26.4. The Balaban J connectivity index is 1.85. The Morgan fingerprint density at radius 2 is 1.63 bits per heavy atom. The fraction of sp³-hybridized carbons (Fsp3) is 0.185. The molecule has 0 aliphatic heterocycles. The fourth-order valence-corrected chi connectivity index (χ4v) is 3.39. The number of para-hydroxylation sites is 1. The van der Waals surface area contributed by atoms with Crippen LogP contribution in [0.1, 0.15) is 29.8 Å². The molecule has 3 aromatic rings. The molecule has 8 nitrogen and oxygen atoms in total. The molecule has 3 rings (SSSR count). The number of anilines is 1. The van der Waals surface area contributed by atoms with Crippen molar-refractivity contribution >= 4 is 28.8 Å². The van der Waals surface area contributed by atoms with Crippen LogP contribution in [-0.4, -0.2) is 41.7 Å². The third-order valence-electron chi connectivity index (χ3n) is 5.15. The number of likely N-dealkylation sites (N-methyl/N-ethyl adjacent to an activating group) is 1. The number of nitrogens with zero attached hydrogens (tertiary/aromatic N) is 3. The predicted octanol–water partition coefficient (Wildman–Crippen LogP) is 5.69. The molecular formula is C27H27N3O5. The zero-order chi connectivity index (χ0) is 25.2. The summed E-state index contributed by atoms with van der Waals surface area (Å²) in [6, 6.07) is 18.2. The number of ketones is 1. The van der Waals surface area contributed by atoms with Crippen LogP contribution in [0.3, 0.4) is 0 Å². The van der Waals surface area contributed by atoms with E-state index in [1.54, 1.807) is 55.5 Å². The van der Waals surface area contributed by atoms with E-state index in [2.05, 4.69) is 10.2 Å². The number of phenols is 2. The van der Waals surface area contributed by atoms with Gasteiger partial charge < -0.3 is 19.8 Å². The lowest BCUT2D eigenvalue weighted by Crippen LogP contribution is -2.27. The van der Waals surface area contributed by atoms with Gasteiger partial charge in [0.2, 0.25) is 0 Å². The topological polar surface area (TPSA) is 112 Å². The maximum Gasteiger partial charge on any atom is 0.330 e. The average molecular weight is 474 g/mol. The number of esters is 1. The minimum atomic E-state index is -0.403. The monoisotopic (exact) mass is 473 g/mol. The summed E-state index contributed by atoms with van der Waals surface area (Å²) in [7, 11) is 0. The highest BCUT2D eigenvalue weighted by molar-refractivity contribution is 6.11.